The molecule has 0 unspecified atom stereocenters. The van der Waals surface area contributed by atoms with E-state index in [0.717, 1.165) is 0 Å². The fourth-order valence-electron chi connectivity index (χ4n) is 3.83. The molecule has 0 radical (unpaired) electrons. The number of carbonyl (C=O) groups is 3. The van der Waals surface area contributed by atoms with Crippen LogP contribution in [-0.2, 0) is 23.9 Å². The molecule has 0 aliphatic carbocycles. The number of nitrogens with zero attached hydrogens (tertiary/aromatic N) is 1. The zero-order valence-electron chi connectivity index (χ0n) is 17.2. The summed E-state index contributed by atoms with van der Waals surface area (Å²) in [5.74, 6) is -0.287. The van der Waals surface area contributed by atoms with Crippen LogP contribution in [0.5, 0.6) is 0 Å². The van der Waals surface area contributed by atoms with Gasteiger partial charge in [0.15, 0.2) is 0 Å². The van der Waals surface area contributed by atoms with E-state index in [4.69, 9.17) is 19.4 Å². The van der Waals surface area contributed by atoms with Gasteiger partial charge in [-0.3, -0.25) is 19.3 Å². The summed E-state index contributed by atoms with van der Waals surface area (Å²) in [5, 5.41) is 23.6. The van der Waals surface area contributed by atoms with Crippen molar-refractivity contribution in [3.8, 4) is 0 Å². The standard InChI is InChI=1S/C18H31N3O5.CH2O2/c1-4-8-19-14(22)12-21-9-5-18(6-10-21)16(24)17(2,7-11-26-18)20-15(23)13-25-3;2-1-3/h4,16,24H,1,5-13H2,2-3H3,(H,19,22)(H,20,23);1H,(H,2,3)/t16-,17+;/m0./s1. The van der Waals surface area contributed by atoms with Gasteiger partial charge < -0.3 is 30.3 Å². The highest BCUT2D eigenvalue weighted by atomic mass is 16.5. The largest absolute Gasteiger partial charge is 0.483 e. The van der Waals surface area contributed by atoms with Crippen LogP contribution in [0.2, 0.25) is 0 Å². The molecule has 2 fully saturated rings. The van der Waals surface area contributed by atoms with Gasteiger partial charge in [-0.2, -0.15) is 0 Å². The lowest BCUT2D eigenvalue weighted by molar-refractivity contribution is -0.208. The summed E-state index contributed by atoms with van der Waals surface area (Å²) in [6.07, 6.45) is 2.59. The lowest BCUT2D eigenvalue weighted by Gasteiger charge is -2.53. The Bertz CT molecular complexity index is 564. The molecule has 2 rings (SSSR count). The van der Waals surface area contributed by atoms with Crippen molar-refractivity contribution in [2.24, 2.45) is 0 Å². The normalized spacial score (nSPS) is 26.0. The Morgan fingerprint density at radius 1 is 1.31 bits per heavy atom. The summed E-state index contributed by atoms with van der Waals surface area (Å²) < 4.78 is 10.9. The molecule has 29 heavy (non-hydrogen) atoms. The van der Waals surface area contributed by atoms with Crippen LogP contribution in [0.15, 0.2) is 12.7 Å². The fourth-order valence-corrected chi connectivity index (χ4v) is 3.83. The predicted octanol–water partition coefficient (Wildman–Crippen LogP) is -0.873. The van der Waals surface area contributed by atoms with Crippen LogP contribution in [0.25, 0.3) is 0 Å². The van der Waals surface area contributed by atoms with Crippen molar-refractivity contribution < 1.29 is 34.1 Å². The Morgan fingerprint density at radius 3 is 2.48 bits per heavy atom. The molecule has 2 atom stereocenters. The van der Waals surface area contributed by atoms with Gasteiger partial charge in [0, 0.05) is 33.4 Å². The number of ether oxygens (including phenoxy) is 2. The summed E-state index contributed by atoms with van der Waals surface area (Å²) in [4.78, 5) is 34.2. The van der Waals surface area contributed by atoms with Crippen LogP contribution in [0.1, 0.15) is 26.2 Å². The molecular formula is C19H33N3O7. The molecule has 2 saturated heterocycles. The van der Waals surface area contributed by atoms with Gasteiger partial charge in [0.05, 0.1) is 17.7 Å². The van der Waals surface area contributed by atoms with Gasteiger partial charge >= 0.3 is 0 Å². The van der Waals surface area contributed by atoms with Crippen molar-refractivity contribution in [2.75, 3.05) is 46.5 Å². The monoisotopic (exact) mass is 415 g/mol. The quantitative estimate of drug-likeness (QED) is 0.311. The minimum Gasteiger partial charge on any atom is -0.483 e. The second kappa shape index (κ2) is 11.9. The van der Waals surface area contributed by atoms with Crippen LogP contribution in [0.4, 0.5) is 0 Å². The lowest BCUT2D eigenvalue weighted by atomic mass is 9.73. The minimum atomic E-state index is -0.818. The number of nitrogens with one attached hydrogen (secondary N) is 2. The maximum atomic E-state index is 11.9. The third-order valence-corrected chi connectivity index (χ3v) is 5.33. The second-order valence-corrected chi connectivity index (χ2v) is 7.44. The van der Waals surface area contributed by atoms with Crippen molar-refractivity contribution in [1.82, 2.24) is 15.5 Å². The number of likely N-dealkylation sites (tertiary alicyclic amines) is 1. The molecule has 10 nitrogen and oxygen atoms in total. The summed E-state index contributed by atoms with van der Waals surface area (Å²) >= 11 is 0. The van der Waals surface area contributed by atoms with Gasteiger partial charge in [-0.1, -0.05) is 6.08 Å². The molecule has 2 aliphatic heterocycles. The van der Waals surface area contributed by atoms with E-state index in [1.54, 1.807) is 6.08 Å². The van der Waals surface area contributed by atoms with Gasteiger partial charge in [0.2, 0.25) is 11.8 Å². The molecular weight excluding hydrogens is 382 g/mol. The van der Waals surface area contributed by atoms with Gasteiger partial charge in [-0.05, 0) is 26.2 Å². The topological polar surface area (TPSA) is 137 Å². The summed E-state index contributed by atoms with van der Waals surface area (Å²) in [5.41, 5.74) is -1.45. The zero-order chi connectivity index (χ0) is 21.9. The minimum absolute atomic E-state index is 0.0379. The van der Waals surface area contributed by atoms with Gasteiger partial charge in [-0.25, -0.2) is 0 Å². The van der Waals surface area contributed by atoms with E-state index < -0.39 is 17.2 Å². The zero-order valence-corrected chi connectivity index (χ0v) is 17.2. The van der Waals surface area contributed by atoms with Crippen molar-refractivity contribution in [1.29, 1.82) is 0 Å². The Balaban J connectivity index is 0.00000132. The van der Waals surface area contributed by atoms with Gasteiger partial charge in [0.1, 0.15) is 12.7 Å². The lowest BCUT2D eigenvalue weighted by Crippen LogP contribution is -2.69. The Morgan fingerprint density at radius 2 is 1.93 bits per heavy atom. The average Bonchev–Trinajstić information content (AvgIpc) is 2.67. The van der Waals surface area contributed by atoms with Crippen LogP contribution < -0.4 is 10.6 Å². The number of hydrogen-bond donors (Lipinski definition) is 4. The van der Waals surface area contributed by atoms with Crippen LogP contribution in [-0.4, -0.2) is 97.1 Å². The molecule has 166 valence electrons. The van der Waals surface area contributed by atoms with E-state index >= 15 is 0 Å². The van der Waals surface area contributed by atoms with Crippen LogP contribution in [0, 0.1) is 0 Å². The highest BCUT2D eigenvalue weighted by Gasteiger charge is 2.53. The molecule has 2 amide bonds. The number of hydrogen-bond acceptors (Lipinski definition) is 7. The molecule has 0 aromatic heterocycles. The maximum absolute atomic E-state index is 11.9. The first-order valence-electron chi connectivity index (χ1n) is 9.56. The number of amides is 2. The number of aliphatic hydroxyl groups is 1. The molecule has 0 aromatic rings. The first kappa shape index (κ1) is 25.0. The average molecular weight is 415 g/mol. The van der Waals surface area contributed by atoms with E-state index in [1.807, 2.05) is 6.92 Å². The number of carbonyl (C=O) groups excluding carboxylic acids is 2. The Labute approximate surface area is 171 Å². The second-order valence-electron chi connectivity index (χ2n) is 7.44. The fraction of sp³-hybridized carbons (Fsp3) is 0.737. The van der Waals surface area contributed by atoms with E-state index in [0.29, 0.717) is 52.0 Å². The molecule has 0 aromatic carbocycles. The highest BCUT2D eigenvalue weighted by Crippen LogP contribution is 2.39. The highest BCUT2D eigenvalue weighted by molar-refractivity contribution is 5.78. The molecule has 2 heterocycles. The molecule has 2 aliphatic rings. The first-order chi connectivity index (χ1) is 13.8. The smallest absolute Gasteiger partial charge is 0.290 e. The Hall–Kier alpha value is -2.01. The third kappa shape index (κ3) is 7.07. The van der Waals surface area contributed by atoms with E-state index in [-0.39, 0.29) is 24.9 Å². The summed E-state index contributed by atoms with van der Waals surface area (Å²) in [6.45, 7) is 7.70. The van der Waals surface area contributed by atoms with Gasteiger partial charge in [-0.15, -0.1) is 6.58 Å². The molecule has 0 bridgehead atoms. The van der Waals surface area contributed by atoms with Gasteiger partial charge in [0.25, 0.3) is 6.47 Å². The third-order valence-electron chi connectivity index (χ3n) is 5.33. The summed E-state index contributed by atoms with van der Waals surface area (Å²) in [6, 6.07) is 0. The molecule has 10 heteroatoms. The van der Waals surface area contributed by atoms with Crippen molar-refractivity contribution in [3.05, 3.63) is 12.7 Å². The van der Waals surface area contributed by atoms with Crippen LogP contribution in [0.3, 0.4) is 0 Å². The van der Waals surface area contributed by atoms with Crippen molar-refractivity contribution in [3.63, 3.8) is 0 Å². The van der Waals surface area contributed by atoms with Crippen molar-refractivity contribution in [2.45, 2.75) is 43.4 Å². The SMILES string of the molecule is C=CCNC(=O)CN1CCC2(CC1)OCC[C@@](C)(NC(=O)COC)[C@@H]2O.O=CO. The predicted molar refractivity (Wildman–Crippen MR) is 105 cm³/mol. The van der Waals surface area contributed by atoms with E-state index in [9.17, 15) is 14.7 Å². The maximum Gasteiger partial charge on any atom is 0.290 e. The van der Waals surface area contributed by atoms with E-state index in [2.05, 4.69) is 22.1 Å². The van der Waals surface area contributed by atoms with Crippen molar-refractivity contribution >= 4 is 18.3 Å². The number of aliphatic hydroxyl groups excluding tert-OH is 1. The molecule has 4 N–H and O–H groups in total. The Kier molecular flexibility index (Phi) is 10.2. The van der Waals surface area contributed by atoms with Crippen LogP contribution >= 0.6 is 0 Å². The number of piperidine rings is 1. The number of methoxy groups -OCH3 is 1. The number of carboxylic acid groups (broad SMARTS) is 1. The number of rotatable bonds is 7. The molecule has 0 saturated carbocycles. The molecule has 1 spiro atoms. The van der Waals surface area contributed by atoms with E-state index in [1.165, 1.54) is 7.11 Å². The first-order valence-corrected chi connectivity index (χ1v) is 9.56. The summed E-state index contributed by atoms with van der Waals surface area (Å²) in [7, 11) is 1.46.